The number of hydrogen-bond donors (Lipinski definition) is 1. The molecular formula is C24H34N6. The number of hydrogen-bond acceptors (Lipinski definition) is 6. The van der Waals surface area contributed by atoms with Crippen LogP contribution in [0.25, 0.3) is 0 Å². The molecule has 1 aromatic carbocycles. The van der Waals surface area contributed by atoms with Crippen LogP contribution < -0.4 is 5.32 Å². The molecule has 0 fully saturated rings. The fraction of sp³-hybridized carbons (Fsp3) is 0.458. The zero-order valence-corrected chi connectivity index (χ0v) is 19.8. The van der Waals surface area contributed by atoms with E-state index in [1.165, 1.54) is 16.7 Å². The predicted molar refractivity (Wildman–Crippen MR) is 125 cm³/mol. The van der Waals surface area contributed by atoms with E-state index in [1.54, 1.807) is 0 Å². The molecule has 2 aliphatic rings. The number of aromatic nitrogens is 2. The number of fused-ring (bicyclic) bond motifs is 1. The Kier molecular flexibility index (Phi) is 5.88. The molecule has 3 heterocycles. The molecule has 0 saturated carbocycles. The predicted octanol–water partition coefficient (Wildman–Crippen LogP) is 4.87. The fourth-order valence-corrected chi connectivity index (χ4v) is 3.35. The van der Waals surface area contributed by atoms with Crippen molar-refractivity contribution in [3.8, 4) is 0 Å². The number of nitrogens with zero attached hydrogens (tertiary/aromatic N) is 5. The van der Waals surface area contributed by atoms with Gasteiger partial charge in [0.15, 0.2) is 11.6 Å². The van der Waals surface area contributed by atoms with Crippen molar-refractivity contribution in [3.63, 3.8) is 0 Å². The molecule has 0 amide bonds. The molecule has 1 N–H and O–H groups in total. The van der Waals surface area contributed by atoms with Crippen molar-refractivity contribution in [3.05, 3.63) is 58.2 Å². The summed E-state index contributed by atoms with van der Waals surface area (Å²) < 4.78 is 0. The molecule has 0 spiro atoms. The minimum Gasteiger partial charge on any atom is -0.357 e. The van der Waals surface area contributed by atoms with E-state index >= 15 is 0 Å². The molecule has 0 saturated heterocycles. The van der Waals surface area contributed by atoms with E-state index in [2.05, 4.69) is 96.0 Å². The fourth-order valence-electron chi connectivity index (χ4n) is 3.35. The van der Waals surface area contributed by atoms with Gasteiger partial charge in [0.2, 0.25) is 0 Å². The Balaban J connectivity index is 0.000000239. The highest BCUT2D eigenvalue weighted by molar-refractivity contribution is 5.83. The first-order valence-electron chi connectivity index (χ1n) is 10.4. The highest BCUT2D eigenvalue weighted by atomic mass is 15.3. The van der Waals surface area contributed by atoms with E-state index in [-0.39, 0.29) is 5.54 Å². The Hall–Kier alpha value is -2.89. The number of rotatable bonds is 2. The maximum atomic E-state index is 4.65. The first kappa shape index (κ1) is 21.8. The van der Waals surface area contributed by atoms with E-state index in [1.807, 2.05) is 20.9 Å². The van der Waals surface area contributed by atoms with Gasteiger partial charge in [-0.15, -0.1) is 0 Å². The summed E-state index contributed by atoms with van der Waals surface area (Å²) in [6.07, 6.45) is 2.19. The molecule has 2 aliphatic heterocycles. The maximum Gasteiger partial charge on any atom is 0.179 e. The Morgan fingerprint density at radius 1 is 0.967 bits per heavy atom. The molecule has 0 aliphatic carbocycles. The number of benzene rings is 1. The normalized spacial score (nSPS) is 16.6. The third-order valence-corrected chi connectivity index (χ3v) is 5.95. The molecule has 6 heteroatoms. The maximum absolute atomic E-state index is 4.65. The summed E-state index contributed by atoms with van der Waals surface area (Å²) in [6.45, 7) is 15.5. The Labute approximate surface area is 180 Å². The van der Waals surface area contributed by atoms with Crippen LogP contribution in [0.1, 0.15) is 48.8 Å². The Bertz CT molecular complexity index is 1020. The van der Waals surface area contributed by atoms with Crippen LogP contribution in [0.3, 0.4) is 0 Å². The van der Waals surface area contributed by atoms with Crippen LogP contribution in [0.15, 0.2) is 35.1 Å². The number of aliphatic imine (C=N–C) groups is 1. The summed E-state index contributed by atoms with van der Waals surface area (Å²) in [7, 11) is 4.09. The van der Waals surface area contributed by atoms with Crippen molar-refractivity contribution in [1.29, 1.82) is 0 Å². The van der Waals surface area contributed by atoms with E-state index in [0.717, 1.165) is 41.2 Å². The van der Waals surface area contributed by atoms with Crippen LogP contribution in [-0.4, -0.2) is 45.2 Å². The van der Waals surface area contributed by atoms with Crippen molar-refractivity contribution in [1.82, 2.24) is 19.8 Å². The van der Waals surface area contributed by atoms with E-state index < -0.39 is 0 Å². The third kappa shape index (κ3) is 4.48. The first-order valence-corrected chi connectivity index (χ1v) is 10.4. The lowest BCUT2D eigenvalue weighted by atomic mass is 9.96. The Morgan fingerprint density at radius 2 is 1.67 bits per heavy atom. The molecule has 0 atom stereocenters. The summed E-state index contributed by atoms with van der Waals surface area (Å²) in [5, 5.41) is 3.36. The summed E-state index contributed by atoms with van der Waals surface area (Å²) in [4.78, 5) is 18.1. The van der Waals surface area contributed by atoms with Gasteiger partial charge in [0.05, 0.1) is 17.8 Å². The minimum atomic E-state index is 0.0926. The minimum absolute atomic E-state index is 0.0926. The molecule has 1 aromatic heterocycles. The molecule has 6 nitrogen and oxygen atoms in total. The molecule has 0 bridgehead atoms. The van der Waals surface area contributed by atoms with Crippen molar-refractivity contribution >= 4 is 17.5 Å². The van der Waals surface area contributed by atoms with Crippen LogP contribution in [0.5, 0.6) is 0 Å². The smallest absolute Gasteiger partial charge is 0.179 e. The highest BCUT2D eigenvalue weighted by Gasteiger charge is 2.33. The number of anilines is 1. The Morgan fingerprint density at radius 3 is 2.23 bits per heavy atom. The quantitative estimate of drug-likeness (QED) is 0.771. The lowest BCUT2D eigenvalue weighted by Gasteiger charge is -2.45. The van der Waals surface area contributed by atoms with Gasteiger partial charge in [0, 0.05) is 14.1 Å². The van der Waals surface area contributed by atoms with Gasteiger partial charge in [-0.3, -0.25) is 0 Å². The van der Waals surface area contributed by atoms with Crippen LogP contribution >= 0.6 is 0 Å². The second kappa shape index (κ2) is 8.09. The van der Waals surface area contributed by atoms with E-state index in [4.69, 9.17) is 0 Å². The number of aryl methyl sites for hydroxylation is 4. The van der Waals surface area contributed by atoms with Crippen LogP contribution in [0.2, 0.25) is 0 Å². The van der Waals surface area contributed by atoms with Crippen LogP contribution in [0, 0.1) is 27.7 Å². The molecule has 30 heavy (non-hydrogen) atoms. The second-order valence-corrected chi connectivity index (χ2v) is 8.90. The lowest BCUT2D eigenvalue weighted by Crippen LogP contribution is -2.49. The highest BCUT2D eigenvalue weighted by Crippen LogP contribution is 2.32. The van der Waals surface area contributed by atoms with Crippen LogP contribution in [0.4, 0.5) is 11.6 Å². The second-order valence-electron chi connectivity index (χ2n) is 8.90. The van der Waals surface area contributed by atoms with Crippen LogP contribution in [-0.2, 0) is 6.54 Å². The average molecular weight is 407 g/mol. The molecule has 4 rings (SSSR count). The van der Waals surface area contributed by atoms with Gasteiger partial charge < -0.3 is 15.1 Å². The van der Waals surface area contributed by atoms with Crippen molar-refractivity contribution in [2.75, 3.05) is 19.4 Å². The third-order valence-electron chi connectivity index (χ3n) is 5.95. The number of amidine groups is 1. The molecule has 2 aromatic rings. The first-order chi connectivity index (χ1) is 14.0. The van der Waals surface area contributed by atoms with Gasteiger partial charge in [-0.2, -0.15) is 0 Å². The zero-order valence-electron chi connectivity index (χ0n) is 19.8. The van der Waals surface area contributed by atoms with Gasteiger partial charge in [0.25, 0.3) is 0 Å². The van der Waals surface area contributed by atoms with E-state index in [0.29, 0.717) is 0 Å². The van der Waals surface area contributed by atoms with Gasteiger partial charge in [-0.25, -0.2) is 15.0 Å². The number of likely N-dealkylation sites (N-methyl/N-ethyl adjacent to an activating group) is 1. The van der Waals surface area contributed by atoms with Crippen molar-refractivity contribution in [2.24, 2.45) is 4.99 Å². The molecule has 0 radical (unpaired) electrons. The number of nitrogens with one attached hydrogen (secondary N) is 1. The lowest BCUT2D eigenvalue weighted by molar-refractivity contribution is 0.210. The zero-order chi connectivity index (χ0) is 22.2. The summed E-state index contributed by atoms with van der Waals surface area (Å²) in [5.41, 5.74) is 6.03. The van der Waals surface area contributed by atoms with Gasteiger partial charge in [-0.05, 0) is 65.7 Å². The summed E-state index contributed by atoms with van der Waals surface area (Å²) >= 11 is 0. The standard InChI is InChI=1S/C15H22N6.C9H12/c1-9-13(18-12-7-15(3,4)21(12)6)19-14-11(16-9)8-20(5)10(2)17-14;1-7-4-5-8(2)9(3)6-7/h7H,8H2,1-6H3,(H,18,19);4-6H,1-3H3. The largest absolute Gasteiger partial charge is 0.357 e. The SMILES string of the molecule is CC1=Nc2nc(NC3=CC(C)(C)N3C)c(C)nc2CN1C.Cc1ccc(C)c(C)c1. The van der Waals surface area contributed by atoms with Gasteiger partial charge in [0.1, 0.15) is 17.4 Å². The monoisotopic (exact) mass is 406 g/mol. The van der Waals surface area contributed by atoms with Gasteiger partial charge >= 0.3 is 0 Å². The summed E-state index contributed by atoms with van der Waals surface area (Å²) in [5.74, 6) is 3.53. The topological polar surface area (TPSA) is 56.7 Å². The molecule has 160 valence electrons. The van der Waals surface area contributed by atoms with Crippen molar-refractivity contribution in [2.45, 2.75) is 60.5 Å². The average Bonchev–Trinajstić information content (AvgIpc) is 2.67. The van der Waals surface area contributed by atoms with Gasteiger partial charge in [-0.1, -0.05) is 23.8 Å². The molecular weight excluding hydrogens is 372 g/mol. The van der Waals surface area contributed by atoms with E-state index in [9.17, 15) is 0 Å². The van der Waals surface area contributed by atoms with Crippen molar-refractivity contribution < 1.29 is 0 Å². The molecule has 0 unspecified atom stereocenters. The summed E-state index contributed by atoms with van der Waals surface area (Å²) in [6, 6.07) is 6.50.